The summed E-state index contributed by atoms with van der Waals surface area (Å²) in [5, 5.41) is 7.91. The molecular weight excluding hydrogens is 330 g/mol. The smallest absolute Gasteiger partial charge is 0.119 e. The molecule has 1 aromatic heterocycles. The highest BCUT2D eigenvalue weighted by Crippen LogP contribution is 2.29. The van der Waals surface area contributed by atoms with E-state index in [9.17, 15) is 0 Å². The molecule has 1 aromatic carbocycles. The van der Waals surface area contributed by atoms with Gasteiger partial charge in [-0.25, -0.2) is 0 Å². The van der Waals surface area contributed by atoms with Crippen LogP contribution in [0.1, 0.15) is 37.6 Å². The van der Waals surface area contributed by atoms with Gasteiger partial charge in [-0.3, -0.25) is 4.68 Å². The number of rotatable bonds is 7. The van der Waals surface area contributed by atoms with E-state index in [1.807, 2.05) is 37.0 Å². The summed E-state index contributed by atoms with van der Waals surface area (Å²) in [7, 11) is 1.97. The molecule has 1 N–H and O–H groups in total. The second-order valence-electron chi connectivity index (χ2n) is 4.89. The minimum atomic E-state index is 0.113. The Morgan fingerprint density at radius 3 is 2.52 bits per heavy atom. The van der Waals surface area contributed by atoms with E-state index in [1.54, 1.807) is 0 Å². The first kappa shape index (κ1) is 16.0. The summed E-state index contributed by atoms with van der Waals surface area (Å²) in [5.74, 6) is 0.902. The van der Waals surface area contributed by atoms with Gasteiger partial charge in [0.05, 0.1) is 29.0 Å². The Morgan fingerprint density at radius 1 is 1.29 bits per heavy atom. The van der Waals surface area contributed by atoms with Crippen LogP contribution in [0.4, 0.5) is 0 Å². The molecule has 4 nitrogen and oxygen atoms in total. The van der Waals surface area contributed by atoms with Crippen molar-refractivity contribution in [1.29, 1.82) is 0 Å². The zero-order valence-electron chi connectivity index (χ0n) is 12.8. The second kappa shape index (κ2) is 7.61. The van der Waals surface area contributed by atoms with Crippen molar-refractivity contribution in [1.82, 2.24) is 15.1 Å². The van der Waals surface area contributed by atoms with Crippen LogP contribution in [0.15, 0.2) is 34.9 Å². The summed E-state index contributed by atoms with van der Waals surface area (Å²) in [4.78, 5) is 0. The van der Waals surface area contributed by atoms with E-state index < -0.39 is 0 Å². The Morgan fingerprint density at radius 2 is 2.00 bits per heavy atom. The maximum Gasteiger partial charge on any atom is 0.119 e. The number of benzene rings is 1. The van der Waals surface area contributed by atoms with Crippen LogP contribution in [-0.4, -0.2) is 22.9 Å². The number of aryl methyl sites for hydroxylation is 1. The third-order valence-corrected chi connectivity index (χ3v) is 3.94. The van der Waals surface area contributed by atoms with E-state index in [4.69, 9.17) is 4.74 Å². The molecule has 5 heteroatoms. The summed E-state index contributed by atoms with van der Waals surface area (Å²) in [6.07, 6.45) is 2.92. The fourth-order valence-electron chi connectivity index (χ4n) is 2.33. The molecule has 0 spiro atoms. The molecule has 1 unspecified atom stereocenters. The van der Waals surface area contributed by atoms with Crippen LogP contribution in [0.2, 0.25) is 0 Å². The number of hydrogen-bond donors (Lipinski definition) is 1. The number of halogens is 1. The lowest BCUT2D eigenvalue weighted by atomic mass is 10.0. The predicted molar refractivity (Wildman–Crippen MR) is 88.7 cm³/mol. The minimum Gasteiger partial charge on any atom is -0.494 e. The predicted octanol–water partition coefficient (Wildman–Crippen LogP) is 3.67. The lowest BCUT2D eigenvalue weighted by Crippen LogP contribution is -2.25. The SMILES string of the molecule is CCCNC(c1ccc(OCC)cc1)c1c(Br)cnn1C. The summed E-state index contributed by atoms with van der Waals surface area (Å²) < 4.78 is 8.44. The van der Waals surface area contributed by atoms with Gasteiger partial charge in [-0.2, -0.15) is 5.10 Å². The number of nitrogens with zero attached hydrogens (tertiary/aromatic N) is 2. The van der Waals surface area contributed by atoms with Crippen LogP contribution in [-0.2, 0) is 7.05 Å². The van der Waals surface area contributed by atoms with Gasteiger partial charge in [0.2, 0.25) is 0 Å². The summed E-state index contributed by atoms with van der Waals surface area (Å²) in [6, 6.07) is 8.37. The van der Waals surface area contributed by atoms with Crippen molar-refractivity contribution in [2.45, 2.75) is 26.3 Å². The van der Waals surface area contributed by atoms with Crippen molar-refractivity contribution in [3.8, 4) is 5.75 Å². The van der Waals surface area contributed by atoms with Crippen LogP contribution in [0, 0.1) is 0 Å². The average molecular weight is 352 g/mol. The molecule has 0 radical (unpaired) electrons. The number of aromatic nitrogens is 2. The van der Waals surface area contributed by atoms with Gasteiger partial charge in [0.25, 0.3) is 0 Å². The third kappa shape index (κ3) is 3.86. The van der Waals surface area contributed by atoms with Crippen LogP contribution in [0.3, 0.4) is 0 Å². The maximum atomic E-state index is 5.51. The van der Waals surface area contributed by atoms with Gasteiger partial charge in [0.15, 0.2) is 0 Å². The average Bonchev–Trinajstić information content (AvgIpc) is 2.81. The molecule has 0 amide bonds. The van der Waals surface area contributed by atoms with Gasteiger partial charge in [-0.05, 0) is 53.5 Å². The van der Waals surface area contributed by atoms with Crippen molar-refractivity contribution in [3.05, 3.63) is 46.2 Å². The lowest BCUT2D eigenvalue weighted by molar-refractivity contribution is 0.340. The van der Waals surface area contributed by atoms with Gasteiger partial charge in [-0.15, -0.1) is 0 Å². The second-order valence-corrected chi connectivity index (χ2v) is 5.74. The molecule has 0 saturated heterocycles. The first-order valence-electron chi connectivity index (χ1n) is 7.30. The number of ether oxygens (including phenoxy) is 1. The van der Waals surface area contributed by atoms with E-state index >= 15 is 0 Å². The minimum absolute atomic E-state index is 0.113. The van der Waals surface area contributed by atoms with Gasteiger partial charge in [-0.1, -0.05) is 19.1 Å². The quantitative estimate of drug-likeness (QED) is 0.826. The monoisotopic (exact) mass is 351 g/mol. The van der Waals surface area contributed by atoms with Crippen LogP contribution in [0.25, 0.3) is 0 Å². The molecule has 1 atom stereocenters. The molecule has 0 aliphatic carbocycles. The highest BCUT2D eigenvalue weighted by atomic mass is 79.9. The maximum absolute atomic E-state index is 5.51. The largest absolute Gasteiger partial charge is 0.494 e. The Kier molecular flexibility index (Phi) is 5.82. The van der Waals surface area contributed by atoms with Gasteiger partial charge in [0.1, 0.15) is 5.75 Å². The molecule has 0 aliphatic heterocycles. The first-order chi connectivity index (χ1) is 10.2. The van der Waals surface area contributed by atoms with Gasteiger partial charge in [0, 0.05) is 7.05 Å². The van der Waals surface area contributed by atoms with Crippen LogP contribution >= 0.6 is 15.9 Å². The van der Waals surface area contributed by atoms with E-state index in [0.29, 0.717) is 6.61 Å². The molecule has 0 aliphatic rings. The third-order valence-electron chi connectivity index (χ3n) is 3.33. The van der Waals surface area contributed by atoms with Crippen molar-refractivity contribution in [2.75, 3.05) is 13.2 Å². The standard InChI is InChI=1S/C16H22BrN3O/c1-4-10-18-15(16-14(17)11-19-20(16)3)12-6-8-13(9-7-12)21-5-2/h6-9,11,15,18H,4-5,10H2,1-3H3. The topological polar surface area (TPSA) is 39.1 Å². The molecular formula is C16H22BrN3O. The van der Waals surface area contributed by atoms with Gasteiger partial charge >= 0.3 is 0 Å². The van der Waals surface area contributed by atoms with Crippen molar-refractivity contribution < 1.29 is 4.74 Å². The number of nitrogens with one attached hydrogen (secondary N) is 1. The van der Waals surface area contributed by atoms with E-state index in [2.05, 4.69) is 45.4 Å². The van der Waals surface area contributed by atoms with Crippen LogP contribution in [0.5, 0.6) is 5.75 Å². The Hall–Kier alpha value is -1.33. The normalized spacial score (nSPS) is 12.4. The molecule has 0 saturated carbocycles. The van der Waals surface area contributed by atoms with E-state index in [0.717, 1.165) is 28.9 Å². The number of hydrogen-bond acceptors (Lipinski definition) is 3. The summed E-state index contributed by atoms with van der Waals surface area (Å²) in [5.41, 5.74) is 2.34. The van der Waals surface area contributed by atoms with E-state index in [1.165, 1.54) is 5.56 Å². The molecule has 2 rings (SSSR count). The Balaban J connectivity index is 2.31. The van der Waals surface area contributed by atoms with E-state index in [-0.39, 0.29) is 6.04 Å². The molecule has 1 heterocycles. The highest BCUT2D eigenvalue weighted by molar-refractivity contribution is 9.10. The van der Waals surface area contributed by atoms with Crippen molar-refractivity contribution in [3.63, 3.8) is 0 Å². The molecule has 2 aromatic rings. The summed E-state index contributed by atoms with van der Waals surface area (Å²) in [6.45, 7) is 5.80. The first-order valence-corrected chi connectivity index (χ1v) is 8.10. The molecule has 0 fully saturated rings. The zero-order chi connectivity index (χ0) is 15.2. The molecule has 0 bridgehead atoms. The van der Waals surface area contributed by atoms with Crippen LogP contribution < -0.4 is 10.1 Å². The molecule has 21 heavy (non-hydrogen) atoms. The fourth-order valence-corrected chi connectivity index (χ4v) is 2.91. The summed E-state index contributed by atoms with van der Waals surface area (Å²) >= 11 is 3.60. The lowest BCUT2D eigenvalue weighted by Gasteiger charge is -2.20. The molecule has 114 valence electrons. The Bertz CT molecular complexity index is 546. The van der Waals surface area contributed by atoms with Crippen molar-refractivity contribution in [2.24, 2.45) is 7.05 Å². The van der Waals surface area contributed by atoms with Gasteiger partial charge < -0.3 is 10.1 Å². The highest BCUT2D eigenvalue weighted by Gasteiger charge is 2.20. The fraction of sp³-hybridized carbons (Fsp3) is 0.438. The zero-order valence-corrected chi connectivity index (χ0v) is 14.4. The van der Waals surface area contributed by atoms with Crippen molar-refractivity contribution >= 4 is 15.9 Å². The Labute approximate surface area is 134 Å².